The number of hydrogen-bond donors (Lipinski definition) is 1. The van der Waals surface area contributed by atoms with Crippen LogP contribution in [0.25, 0.3) is 0 Å². The van der Waals surface area contributed by atoms with Crippen molar-refractivity contribution < 1.29 is 33.7 Å². The predicted molar refractivity (Wildman–Crippen MR) is 85.5 cm³/mol. The van der Waals surface area contributed by atoms with Gasteiger partial charge in [0.25, 0.3) is 0 Å². The van der Waals surface area contributed by atoms with Crippen LogP contribution in [0, 0.1) is 0 Å². The van der Waals surface area contributed by atoms with Gasteiger partial charge < -0.3 is 19.3 Å². The van der Waals surface area contributed by atoms with Gasteiger partial charge in [0.2, 0.25) is 6.29 Å². The Morgan fingerprint density at radius 3 is 2.62 bits per heavy atom. The van der Waals surface area contributed by atoms with Gasteiger partial charge in [-0.2, -0.15) is 0 Å². The van der Waals surface area contributed by atoms with Crippen molar-refractivity contribution in [3.63, 3.8) is 0 Å². The minimum absolute atomic E-state index is 0.0379. The Balaban J connectivity index is 2.10. The van der Waals surface area contributed by atoms with E-state index in [0.717, 1.165) is 0 Å². The maximum Gasteiger partial charge on any atom is 0.335 e. The van der Waals surface area contributed by atoms with Crippen molar-refractivity contribution in [1.82, 2.24) is 0 Å². The zero-order valence-electron chi connectivity index (χ0n) is 13.3. The molecule has 1 aliphatic heterocycles. The quantitative estimate of drug-likeness (QED) is 0.773. The molecular weight excluding hydrogens is 336 g/mol. The van der Waals surface area contributed by atoms with Crippen molar-refractivity contribution in [2.45, 2.75) is 36.7 Å². The van der Waals surface area contributed by atoms with Crippen molar-refractivity contribution in [2.75, 3.05) is 7.11 Å². The number of benzene rings is 1. The second-order valence-corrected chi connectivity index (χ2v) is 6.57. The summed E-state index contributed by atoms with van der Waals surface area (Å²) in [6.45, 7) is 1.26. The van der Waals surface area contributed by atoms with Crippen LogP contribution in [0.3, 0.4) is 0 Å². The van der Waals surface area contributed by atoms with E-state index in [1.54, 1.807) is 18.2 Å². The Hall–Kier alpha value is -2.06. The number of carbonyl (C=O) groups excluding carboxylic acids is 2. The monoisotopic (exact) mass is 354 g/mol. The van der Waals surface area contributed by atoms with Crippen molar-refractivity contribution in [3.05, 3.63) is 35.4 Å². The third-order valence-electron chi connectivity index (χ3n) is 3.43. The summed E-state index contributed by atoms with van der Waals surface area (Å²) in [5.74, 6) is -1.96. The van der Waals surface area contributed by atoms with Gasteiger partial charge in [0, 0.05) is 13.3 Å². The van der Waals surface area contributed by atoms with Crippen LogP contribution in [-0.4, -0.2) is 47.1 Å². The number of methoxy groups -OCH3 is 1. The Morgan fingerprint density at radius 2 is 2.00 bits per heavy atom. The van der Waals surface area contributed by atoms with Gasteiger partial charge in [-0.15, -0.1) is 11.8 Å². The summed E-state index contributed by atoms with van der Waals surface area (Å²) in [6, 6.07) is 6.63. The Bertz CT molecular complexity index is 631. The summed E-state index contributed by atoms with van der Waals surface area (Å²) in [4.78, 5) is 34.0. The molecule has 3 atom stereocenters. The molecule has 1 saturated heterocycles. The van der Waals surface area contributed by atoms with Gasteiger partial charge >= 0.3 is 17.9 Å². The third kappa shape index (κ3) is 4.72. The highest BCUT2D eigenvalue weighted by molar-refractivity contribution is 8.00. The first-order chi connectivity index (χ1) is 11.4. The minimum Gasteiger partial charge on any atom is -0.478 e. The largest absolute Gasteiger partial charge is 0.478 e. The van der Waals surface area contributed by atoms with E-state index < -0.39 is 34.9 Å². The van der Waals surface area contributed by atoms with Crippen LogP contribution in [0.4, 0.5) is 0 Å². The molecule has 1 aromatic carbocycles. The number of carbonyl (C=O) groups is 3. The molecule has 2 rings (SSSR count). The van der Waals surface area contributed by atoms with E-state index in [2.05, 4.69) is 4.74 Å². The lowest BCUT2D eigenvalue weighted by Gasteiger charge is -2.16. The van der Waals surface area contributed by atoms with Crippen LogP contribution in [0.15, 0.2) is 24.3 Å². The van der Waals surface area contributed by atoms with Crippen molar-refractivity contribution >= 4 is 29.7 Å². The van der Waals surface area contributed by atoms with E-state index in [-0.39, 0.29) is 12.0 Å². The molecule has 1 N–H and O–H groups in total. The SMILES string of the molecule is COC(=O)CC1SC(Cc2ccccc2C(=O)O)OC1OC(C)=O. The predicted octanol–water partition coefficient (Wildman–Crippen LogP) is 1.84. The van der Waals surface area contributed by atoms with Gasteiger partial charge in [-0.3, -0.25) is 9.59 Å². The lowest BCUT2D eigenvalue weighted by atomic mass is 10.1. The van der Waals surface area contributed by atoms with Gasteiger partial charge in [-0.1, -0.05) is 18.2 Å². The maximum atomic E-state index is 11.5. The van der Waals surface area contributed by atoms with Crippen molar-refractivity contribution in [3.8, 4) is 0 Å². The van der Waals surface area contributed by atoms with Crippen LogP contribution in [-0.2, 0) is 30.2 Å². The molecule has 0 spiro atoms. The molecule has 3 unspecified atom stereocenters. The van der Waals surface area contributed by atoms with Crippen LogP contribution in [0.5, 0.6) is 0 Å². The van der Waals surface area contributed by atoms with E-state index in [0.29, 0.717) is 12.0 Å². The number of carboxylic acid groups (broad SMARTS) is 1. The van der Waals surface area contributed by atoms with Gasteiger partial charge in [0.15, 0.2) is 0 Å². The molecule has 130 valence electrons. The lowest BCUT2D eigenvalue weighted by molar-refractivity contribution is -0.176. The lowest BCUT2D eigenvalue weighted by Crippen LogP contribution is -2.28. The van der Waals surface area contributed by atoms with Crippen LogP contribution in [0.2, 0.25) is 0 Å². The number of esters is 2. The van der Waals surface area contributed by atoms with E-state index >= 15 is 0 Å². The first-order valence-electron chi connectivity index (χ1n) is 7.27. The van der Waals surface area contributed by atoms with Crippen LogP contribution in [0.1, 0.15) is 29.3 Å². The molecule has 24 heavy (non-hydrogen) atoms. The fraction of sp³-hybridized carbons (Fsp3) is 0.438. The average molecular weight is 354 g/mol. The van der Waals surface area contributed by atoms with Gasteiger partial charge in [-0.25, -0.2) is 4.79 Å². The standard InChI is InChI=1S/C16H18O7S/c1-9(17)22-16-12(8-13(18)21-2)24-14(23-16)7-10-5-3-4-6-11(10)15(19)20/h3-6,12,14,16H,7-8H2,1-2H3,(H,19,20). The maximum absolute atomic E-state index is 11.5. The molecule has 7 nitrogen and oxygen atoms in total. The second-order valence-electron chi connectivity index (χ2n) is 5.16. The summed E-state index contributed by atoms with van der Waals surface area (Å²) in [5, 5.41) is 8.84. The number of aromatic carboxylic acids is 1. The molecule has 1 aliphatic rings. The number of thioether (sulfide) groups is 1. The summed E-state index contributed by atoms with van der Waals surface area (Å²) in [7, 11) is 1.28. The fourth-order valence-electron chi connectivity index (χ4n) is 2.37. The molecule has 0 bridgehead atoms. The molecular formula is C16H18O7S. The average Bonchev–Trinajstić information content (AvgIpc) is 2.87. The van der Waals surface area contributed by atoms with Crippen molar-refractivity contribution in [1.29, 1.82) is 0 Å². The third-order valence-corrected chi connectivity index (χ3v) is 4.75. The molecule has 0 aromatic heterocycles. The zero-order valence-corrected chi connectivity index (χ0v) is 14.1. The number of carboxylic acids is 1. The Labute approximate surface area is 143 Å². The molecule has 1 aromatic rings. The molecule has 0 amide bonds. The summed E-state index contributed by atoms with van der Waals surface area (Å²) in [6.07, 6.45) is -0.507. The molecule has 8 heteroatoms. The highest BCUT2D eigenvalue weighted by atomic mass is 32.2. The van der Waals surface area contributed by atoms with Crippen LogP contribution >= 0.6 is 11.8 Å². The first kappa shape index (κ1) is 18.3. The van der Waals surface area contributed by atoms with Gasteiger partial charge in [-0.05, 0) is 11.6 Å². The number of rotatable bonds is 6. The Morgan fingerprint density at radius 1 is 1.29 bits per heavy atom. The highest BCUT2D eigenvalue weighted by Crippen LogP contribution is 2.37. The summed E-state index contributed by atoms with van der Waals surface area (Å²) in [5.41, 5.74) is 0.384. The summed E-state index contributed by atoms with van der Waals surface area (Å²) >= 11 is 1.33. The highest BCUT2D eigenvalue weighted by Gasteiger charge is 2.40. The fourth-order valence-corrected chi connectivity index (χ4v) is 3.69. The van der Waals surface area contributed by atoms with Gasteiger partial charge in [0.05, 0.1) is 24.3 Å². The zero-order chi connectivity index (χ0) is 17.7. The normalized spacial score (nSPS) is 22.8. The molecule has 1 fully saturated rings. The second kappa shape index (κ2) is 8.16. The molecule has 1 heterocycles. The van der Waals surface area contributed by atoms with Crippen molar-refractivity contribution in [2.24, 2.45) is 0 Å². The van der Waals surface area contributed by atoms with Gasteiger partial charge in [0.1, 0.15) is 5.44 Å². The van der Waals surface area contributed by atoms with E-state index in [4.69, 9.17) is 9.47 Å². The van der Waals surface area contributed by atoms with Crippen LogP contribution < -0.4 is 0 Å². The van der Waals surface area contributed by atoms with E-state index in [1.807, 2.05) is 0 Å². The smallest absolute Gasteiger partial charge is 0.335 e. The summed E-state index contributed by atoms with van der Waals surface area (Å²) < 4.78 is 15.4. The topological polar surface area (TPSA) is 99.1 Å². The first-order valence-corrected chi connectivity index (χ1v) is 8.21. The molecule has 0 saturated carbocycles. The minimum atomic E-state index is -1.02. The molecule has 0 radical (unpaired) electrons. The Kier molecular flexibility index (Phi) is 6.22. The van der Waals surface area contributed by atoms with E-state index in [1.165, 1.54) is 31.9 Å². The van der Waals surface area contributed by atoms with E-state index in [9.17, 15) is 19.5 Å². The number of ether oxygens (including phenoxy) is 3. The molecule has 0 aliphatic carbocycles. The number of hydrogen-bond acceptors (Lipinski definition) is 7.